The van der Waals surface area contributed by atoms with Crippen LogP contribution in [0, 0.1) is 0 Å². The summed E-state index contributed by atoms with van der Waals surface area (Å²) in [7, 11) is 1.51. The number of hydrogen-bond donors (Lipinski definition) is 1. The number of pyridine rings is 1. The minimum absolute atomic E-state index is 0.00198. The number of rotatable bonds is 6. The maximum absolute atomic E-state index is 14.0. The summed E-state index contributed by atoms with van der Waals surface area (Å²) in [5.74, 6) is -0.794. The van der Waals surface area contributed by atoms with Crippen molar-refractivity contribution < 1.29 is 22.7 Å². The quantitative estimate of drug-likeness (QED) is 0.347. The van der Waals surface area contributed by atoms with Gasteiger partial charge in [-0.2, -0.15) is 23.3 Å². The zero-order valence-corrected chi connectivity index (χ0v) is 19.8. The van der Waals surface area contributed by atoms with Crippen molar-refractivity contribution in [2.45, 2.75) is 19.1 Å². The first-order valence-electron chi connectivity index (χ1n) is 10.3. The maximum atomic E-state index is 14.0. The molecule has 0 saturated heterocycles. The molecule has 4 aromatic rings. The maximum Gasteiger partial charge on any atom is 0.417 e. The van der Waals surface area contributed by atoms with Crippen molar-refractivity contribution in [2.24, 2.45) is 7.05 Å². The minimum Gasteiger partial charge on any atom is -0.467 e. The molecule has 0 saturated carbocycles. The van der Waals surface area contributed by atoms with Gasteiger partial charge in [0.15, 0.2) is 12.3 Å². The third kappa shape index (κ3) is 5.06. The number of amides is 1. The first-order chi connectivity index (χ1) is 16.1. The Hall–Kier alpha value is -3.40. The van der Waals surface area contributed by atoms with E-state index in [9.17, 15) is 18.0 Å². The Kier molecular flexibility index (Phi) is 6.60. The molecule has 2 aromatic carbocycles. The van der Waals surface area contributed by atoms with Crippen LogP contribution in [0.15, 0.2) is 65.1 Å². The van der Waals surface area contributed by atoms with Crippen LogP contribution in [-0.2, 0) is 18.0 Å². The second kappa shape index (κ2) is 9.46. The smallest absolute Gasteiger partial charge is 0.417 e. The molecule has 34 heavy (non-hydrogen) atoms. The SMILES string of the molecule is C[C@H](NC(=O)COc1cc(C(F)(F)F)c2c(-c3cccc(Br)c3)nn(C)c2n1)c1ccccc1. The molecular weight excluding hydrogens is 513 g/mol. The van der Waals surface area contributed by atoms with Gasteiger partial charge in [-0.3, -0.25) is 4.79 Å². The van der Waals surface area contributed by atoms with E-state index in [1.54, 1.807) is 31.2 Å². The van der Waals surface area contributed by atoms with Gasteiger partial charge >= 0.3 is 6.18 Å². The van der Waals surface area contributed by atoms with Crippen molar-refractivity contribution in [2.75, 3.05) is 6.61 Å². The molecule has 1 N–H and O–H groups in total. The molecule has 6 nitrogen and oxygen atoms in total. The van der Waals surface area contributed by atoms with Crippen LogP contribution in [-0.4, -0.2) is 27.3 Å². The molecule has 0 spiro atoms. The number of carbonyl (C=O) groups is 1. The number of alkyl halides is 3. The highest BCUT2D eigenvalue weighted by Crippen LogP contribution is 2.40. The largest absolute Gasteiger partial charge is 0.467 e. The molecule has 0 aliphatic rings. The molecule has 0 unspecified atom stereocenters. The third-order valence-corrected chi connectivity index (χ3v) is 5.70. The van der Waals surface area contributed by atoms with Gasteiger partial charge in [-0.25, -0.2) is 4.68 Å². The van der Waals surface area contributed by atoms with Gasteiger partial charge in [-0.05, 0) is 24.6 Å². The topological polar surface area (TPSA) is 69.0 Å². The molecule has 0 aliphatic carbocycles. The number of nitrogens with zero attached hydrogens (tertiary/aromatic N) is 3. The van der Waals surface area contributed by atoms with E-state index in [1.807, 2.05) is 30.3 Å². The Morgan fingerprint density at radius 3 is 2.56 bits per heavy atom. The van der Waals surface area contributed by atoms with Crippen LogP contribution in [0.3, 0.4) is 0 Å². The molecule has 10 heteroatoms. The van der Waals surface area contributed by atoms with E-state index in [-0.39, 0.29) is 28.6 Å². The average molecular weight is 533 g/mol. The van der Waals surface area contributed by atoms with Crippen molar-refractivity contribution >= 4 is 32.9 Å². The van der Waals surface area contributed by atoms with E-state index in [0.717, 1.165) is 11.6 Å². The summed E-state index contributed by atoms with van der Waals surface area (Å²) in [6, 6.07) is 16.7. The van der Waals surface area contributed by atoms with Gasteiger partial charge in [0.2, 0.25) is 5.88 Å². The molecule has 176 valence electrons. The number of benzene rings is 2. The Labute approximate surface area is 201 Å². The van der Waals surface area contributed by atoms with Crippen LogP contribution in [0.4, 0.5) is 13.2 Å². The van der Waals surface area contributed by atoms with Gasteiger partial charge in [-0.15, -0.1) is 0 Å². The van der Waals surface area contributed by atoms with E-state index in [0.29, 0.717) is 10.0 Å². The first kappa shape index (κ1) is 23.7. The molecule has 0 fully saturated rings. The number of aromatic nitrogens is 3. The second-order valence-corrected chi connectivity index (χ2v) is 8.59. The Morgan fingerprint density at radius 1 is 1.15 bits per heavy atom. The van der Waals surface area contributed by atoms with E-state index in [4.69, 9.17) is 4.74 Å². The zero-order chi connectivity index (χ0) is 24.5. The number of hydrogen-bond acceptors (Lipinski definition) is 4. The van der Waals surface area contributed by atoms with Gasteiger partial charge in [0, 0.05) is 23.2 Å². The molecule has 0 bridgehead atoms. The number of halogens is 4. The van der Waals surface area contributed by atoms with Crippen LogP contribution in [0.5, 0.6) is 5.88 Å². The van der Waals surface area contributed by atoms with Crippen LogP contribution in [0.2, 0.25) is 0 Å². The standard InChI is InChI=1S/C24H20BrF3N4O2/c1-14(15-7-4-3-5-8-15)29-19(33)13-34-20-12-18(24(26,27)28)21-22(31-32(2)23(21)30-20)16-9-6-10-17(25)11-16/h3-12,14H,13H2,1-2H3,(H,29,33)/t14-/m0/s1. The van der Waals surface area contributed by atoms with Gasteiger partial charge in [0.05, 0.1) is 17.0 Å². The predicted octanol–water partition coefficient (Wildman–Crippen LogP) is 5.67. The van der Waals surface area contributed by atoms with E-state index in [1.165, 1.54) is 11.7 Å². The van der Waals surface area contributed by atoms with E-state index < -0.39 is 24.3 Å². The van der Waals surface area contributed by atoms with Crippen molar-refractivity contribution in [3.8, 4) is 17.1 Å². The first-order valence-corrected chi connectivity index (χ1v) is 11.1. The summed E-state index contributed by atoms with van der Waals surface area (Å²) in [6.45, 7) is 1.32. The van der Waals surface area contributed by atoms with E-state index >= 15 is 0 Å². The van der Waals surface area contributed by atoms with E-state index in [2.05, 4.69) is 31.3 Å². The molecule has 1 amide bonds. The Balaban J connectivity index is 1.63. The van der Waals surface area contributed by atoms with Crippen molar-refractivity contribution in [1.29, 1.82) is 0 Å². The highest BCUT2D eigenvalue weighted by atomic mass is 79.9. The molecule has 0 aliphatic heterocycles. The third-order valence-electron chi connectivity index (χ3n) is 5.20. The van der Waals surface area contributed by atoms with Gasteiger partial charge in [0.25, 0.3) is 5.91 Å². The van der Waals surface area contributed by atoms with Crippen LogP contribution in [0.25, 0.3) is 22.3 Å². The summed E-state index contributed by atoms with van der Waals surface area (Å²) in [5.41, 5.74) is 0.617. The lowest BCUT2D eigenvalue weighted by Gasteiger charge is -2.15. The fourth-order valence-corrected chi connectivity index (χ4v) is 4.01. The molecular formula is C24H20BrF3N4O2. The molecule has 4 rings (SSSR count). The number of fused-ring (bicyclic) bond motifs is 1. The summed E-state index contributed by atoms with van der Waals surface area (Å²) >= 11 is 3.34. The van der Waals surface area contributed by atoms with Crippen molar-refractivity contribution in [1.82, 2.24) is 20.1 Å². The summed E-state index contributed by atoms with van der Waals surface area (Å²) in [5, 5.41) is 6.90. The lowest BCUT2D eigenvalue weighted by atomic mass is 10.0. The normalized spacial score (nSPS) is 12.5. The zero-order valence-electron chi connectivity index (χ0n) is 18.2. The Morgan fingerprint density at radius 2 is 1.88 bits per heavy atom. The lowest BCUT2D eigenvalue weighted by molar-refractivity contribution is -0.136. The molecule has 2 aromatic heterocycles. The molecule has 2 heterocycles. The lowest BCUT2D eigenvalue weighted by Crippen LogP contribution is -2.31. The van der Waals surface area contributed by atoms with Crippen molar-refractivity contribution in [3.63, 3.8) is 0 Å². The average Bonchev–Trinajstić information content (AvgIpc) is 3.13. The van der Waals surface area contributed by atoms with Gasteiger partial charge in [0.1, 0.15) is 5.69 Å². The highest BCUT2D eigenvalue weighted by molar-refractivity contribution is 9.10. The number of ether oxygens (including phenoxy) is 1. The molecule has 0 radical (unpaired) electrons. The Bertz CT molecular complexity index is 1340. The molecule has 1 atom stereocenters. The summed E-state index contributed by atoms with van der Waals surface area (Å²) in [6.07, 6.45) is -4.69. The van der Waals surface area contributed by atoms with Crippen LogP contribution in [0.1, 0.15) is 24.1 Å². The van der Waals surface area contributed by atoms with Gasteiger partial charge < -0.3 is 10.1 Å². The fraction of sp³-hybridized carbons (Fsp3) is 0.208. The number of aryl methyl sites for hydroxylation is 1. The highest BCUT2D eigenvalue weighted by Gasteiger charge is 2.36. The fourth-order valence-electron chi connectivity index (χ4n) is 3.61. The number of carbonyl (C=O) groups excluding carboxylic acids is 1. The van der Waals surface area contributed by atoms with Crippen LogP contribution >= 0.6 is 15.9 Å². The minimum atomic E-state index is -4.69. The monoisotopic (exact) mass is 532 g/mol. The predicted molar refractivity (Wildman–Crippen MR) is 125 cm³/mol. The number of nitrogens with one attached hydrogen (secondary N) is 1. The second-order valence-electron chi connectivity index (χ2n) is 7.68. The van der Waals surface area contributed by atoms with Gasteiger partial charge in [-0.1, -0.05) is 58.4 Å². The summed E-state index contributed by atoms with van der Waals surface area (Å²) in [4.78, 5) is 16.5. The van der Waals surface area contributed by atoms with Crippen molar-refractivity contribution in [3.05, 3.63) is 76.3 Å². The summed E-state index contributed by atoms with van der Waals surface area (Å²) < 4.78 is 49.4. The van der Waals surface area contributed by atoms with Crippen LogP contribution < -0.4 is 10.1 Å².